The van der Waals surface area contributed by atoms with Crippen LogP contribution in [0.15, 0.2) is 54.6 Å². The van der Waals surface area contributed by atoms with E-state index in [0.717, 1.165) is 11.3 Å². The second-order valence-corrected chi connectivity index (χ2v) is 7.74. The van der Waals surface area contributed by atoms with Crippen molar-refractivity contribution in [2.75, 3.05) is 18.5 Å². The molecule has 1 aliphatic heterocycles. The van der Waals surface area contributed by atoms with Gasteiger partial charge in [-0.1, -0.05) is 30.3 Å². The number of halogens is 3. The number of anilines is 1. The van der Waals surface area contributed by atoms with Crippen LogP contribution in [0.1, 0.15) is 12.0 Å². The third-order valence-corrected chi connectivity index (χ3v) is 5.18. The van der Waals surface area contributed by atoms with Crippen LogP contribution in [0.3, 0.4) is 0 Å². The van der Waals surface area contributed by atoms with Gasteiger partial charge in [0.2, 0.25) is 11.8 Å². The first-order valence-corrected chi connectivity index (χ1v) is 10.2. The topological polar surface area (TPSA) is 85.3 Å². The van der Waals surface area contributed by atoms with Crippen LogP contribution in [-0.2, 0) is 9.59 Å². The van der Waals surface area contributed by atoms with Crippen molar-refractivity contribution in [1.29, 1.82) is 0 Å². The van der Waals surface area contributed by atoms with E-state index in [1.54, 1.807) is 22.9 Å². The summed E-state index contributed by atoms with van der Waals surface area (Å²) in [7, 11) is 0. The minimum Gasteiger partial charge on any atom is -0.484 e. The number of rotatable bonds is 6. The van der Waals surface area contributed by atoms with Crippen molar-refractivity contribution in [3.8, 4) is 22.7 Å². The third kappa shape index (κ3) is 5.33. The highest BCUT2D eigenvalue weighted by atomic mass is 19.4. The Morgan fingerprint density at radius 3 is 2.70 bits per heavy atom. The Labute approximate surface area is 187 Å². The zero-order valence-electron chi connectivity index (χ0n) is 17.6. The fourth-order valence-electron chi connectivity index (χ4n) is 3.56. The first-order chi connectivity index (χ1) is 15.7. The molecule has 0 spiro atoms. The maximum atomic E-state index is 12.6. The number of hydrogen-bond acceptors (Lipinski definition) is 4. The van der Waals surface area contributed by atoms with E-state index < -0.39 is 18.7 Å². The predicted octanol–water partition coefficient (Wildman–Crippen LogP) is 3.86. The van der Waals surface area contributed by atoms with Crippen LogP contribution in [0.5, 0.6) is 5.75 Å². The molecule has 4 rings (SSSR count). The minimum atomic E-state index is -4.45. The Morgan fingerprint density at radius 2 is 2.00 bits per heavy atom. The van der Waals surface area contributed by atoms with Crippen molar-refractivity contribution >= 4 is 17.6 Å². The average Bonchev–Trinajstić information content (AvgIpc) is 3.39. The summed E-state index contributed by atoms with van der Waals surface area (Å²) in [4.78, 5) is 24.0. The van der Waals surface area contributed by atoms with Gasteiger partial charge in [0.15, 0.2) is 12.4 Å². The van der Waals surface area contributed by atoms with Gasteiger partial charge in [0.25, 0.3) is 0 Å². The standard InChI is InChI=1S/C23H21F3N4O3/c1-14-5-2-3-8-18(14)30-19(15-6-4-7-17(9-15)33-13-23(24,25)26)11-20(29-30)28-22(32)16-10-21(31)27-12-16/h2-9,11,16H,10,12-13H2,1H3,(H,27,31)(H,28,29,32)/t16-/m1/s1. The number of carbonyl (C=O) groups excluding carboxylic acids is 2. The average molecular weight is 458 g/mol. The minimum absolute atomic E-state index is 0.0588. The van der Waals surface area contributed by atoms with Gasteiger partial charge in [-0.2, -0.15) is 13.2 Å². The molecule has 10 heteroatoms. The number of nitrogens with zero attached hydrogens (tertiary/aromatic N) is 2. The lowest BCUT2D eigenvalue weighted by Crippen LogP contribution is -2.24. The lowest BCUT2D eigenvalue weighted by molar-refractivity contribution is -0.153. The largest absolute Gasteiger partial charge is 0.484 e. The highest BCUT2D eigenvalue weighted by Gasteiger charge is 2.29. The van der Waals surface area contributed by atoms with Crippen LogP contribution >= 0.6 is 0 Å². The highest BCUT2D eigenvalue weighted by Crippen LogP contribution is 2.30. The van der Waals surface area contributed by atoms with Crippen LogP contribution in [0.25, 0.3) is 16.9 Å². The van der Waals surface area contributed by atoms with Crippen LogP contribution in [-0.4, -0.2) is 40.9 Å². The van der Waals surface area contributed by atoms with E-state index in [-0.39, 0.29) is 36.3 Å². The number of carbonyl (C=O) groups is 2. The molecule has 2 amide bonds. The highest BCUT2D eigenvalue weighted by molar-refractivity contribution is 5.97. The van der Waals surface area contributed by atoms with Crippen molar-refractivity contribution in [1.82, 2.24) is 15.1 Å². The van der Waals surface area contributed by atoms with Gasteiger partial charge in [-0.15, -0.1) is 5.10 Å². The van der Waals surface area contributed by atoms with Crippen molar-refractivity contribution in [3.63, 3.8) is 0 Å². The molecule has 0 aliphatic carbocycles. The number of ether oxygens (including phenoxy) is 1. The number of alkyl halides is 3. The number of aromatic nitrogens is 2. The van der Waals surface area contributed by atoms with Gasteiger partial charge in [0.05, 0.1) is 17.3 Å². The molecular weight excluding hydrogens is 437 g/mol. The summed E-state index contributed by atoms with van der Waals surface area (Å²) in [6, 6.07) is 15.3. The first-order valence-electron chi connectivity index (χ1n) is 10.2. The van der Waals surface area contributed by atoms with Crippen molar-refractivity contribution in [2.45, 2.75) is 19.5 Å². The SMILES string of the molecule is Cc1ccccc1-n1nc(NC(=O)[C@H]2CNC(=O)C2)cc1-c1cccc(OCC(F)(F)F)c1. The predicted molar refractivity (Wildman–Crippen MR) is 115 cm³/mol. The van der Waals surface area contributed by atoms with E-state index >= 15 is 0 Å². The summed E-state index contributed by atoms with van der Waals surface area (Å²) in [5, 5.41) is 9.88. The second kappa shape index (κ2) is 8.97. The molecule has 0 saturated carbocycles. The summed E-state index contributed by atoms with van der Waals surface area (Å²) in [5.41, 5.74) is 2.77. The summed E-state index contributed by atoms with van der Waals surface area (Å²) in [6.07, 6.45) is -4.34. The second-order valence-electron chi connectivity index (χ2n) is 7.74. The van der Waals surface area contributed by atoms with Gasteiger partial charge in [-0.3, -0.25) is 9.59 Å². The molecule has 1 aromatic heterocycles. The van der Waals surface area contributed by atoms with E-state index in [4.69, 9.17) is 4.74 Å². The third-order valence-electron chi connectivity index (χ3n) is 5.18. The van der Waals surface area contributed by atoms with Gasteiger partial charge in [0, 0.05) is 24.6 Å². The van der Waals surface area contributed by atoms with Crippen molar-refractivity contribution < 1.29 is 27.5 Å². The van der Waals surface area contributed by atoms with Crippen LogP contribution in [0, 0.1) is 12.8 Å². The smallest absolute Gasteiger partial charge is 0.422 e. The Kier molecular flexibility index (Phi) is 6.08. The van der Waals surface area contributed by atoms with Crippen LogP contribution < -0.4 is 15.4 Å². The Hall–Kier alpha value is -3.82. The molecule has 7 nitrogen and oxygen atoms in total. The number of amides is 2. The molecule has 0 radical (unpaired) electrons. The Bertz CT molecular complexity index is 1190. The number of hydrogen-bond donors (Lipinski definition) is 2. The molecule has 2 aromatic carbocycles. The summed E-state index contributed by atoms with van der Waals surface area (Å²) < 4.78 is 44.2. The quantitative estimate of drug-likeness (QED) is 0.588. The lowest BCUT2D eigenvalue weighted by Gasteiger charge is -2.12. The Morgan fingerprint density at radius 1 is 1.21 bits per heavy atom. The summed E-state index contributed by atoms with van der Waals surface area (Å²) in [6.45, 7) is 0.759. The molecule has 2 N–H and O–H groups in total. The maximum Gasteiger partial charge on any atom is 0.422 e. The molecular formula is C23H21F3N4O3. The molecule has 2 heterocycles. The van der Waals surface area contributed by atoms with Crippen LogP contribution in [0.2, 0.25) is 0 Å². The molecule has 0 unspecified atom stereocenters. The van der Waals surface area contributed by atoms with E-state index in [0.29, 0.717) is 11.3 Å². The maximum absolute atomic E-state index is 12.6. The number of aryl methyl sites for hydroxylation is 1. The molecule has 1 aliphatic rings. The first kappa shape index (κ1) is 22.4. The number of para-hydroxylation sites is 1. The fraction of sp³-hybridized carbons (Fsp3) is 0.261. The summed E-state index contributed by atoms with van der Waals surface area (Å²) >= 11 is 0. The van der Waals surface area contributed by atoms with Crippen molar-refractivity contribution in [2.24, 2.45) is 5.92 Å². The fourth-order valence-corrected chi connectivity index (χ4v) is 3.56. The molecule has 1 fully saturated rings. The van der Waals surface area contributed by atoms with E-state index in [1.165, 1.54) is 12.1 Å². The number of benzene rings is 2. The zero-order valence-corrected chi connectivity index (χ0v) is 17.6. The molecule has 3 aromatic rings. The molecule has 1 atom stereocenters. The van der Waals surface area contributed by atoms with Crippen LogP contribution in [0.4, 0.5) is 19.0 Å². The van der Waals surface area contributed by atoms with E-state index in [1.807, 2.05) is 31.2 Å². The summed E-state index contributed by atoms with van der Waals surface area (Å²) in [5.74, 6) is -0.695. The Balaban J connectivity index is 1.68. The molecule has 0 bridgehead atoms. The van der Waals surface area contributed by atoms with Gasteiger partial charge in [-0.25, -0.2) is 4.68 Å². The normalized spacial score (nSPS) is 15.9. The molecule has 172 valence electrons. The number of nitrogens with one attached hydrogen (secondary N) is 2. The van der Waals surface area contributed by atoms with Gasteiger partial charge < -0.3 is 15.4 Å². The molecule has 33 heavy (non-hydrogen) atoms. The van der Waals surface area contributed by atoms with Gasteiger partial charge in [0.1, 0.15) is 5.75 Å². The van der Waals surface area contributed by atoms with E-state index in [9.17, 15) is 22.8 Å². The van der Waals surface area contributed by atoms with Crippen molar-refractivity contribution in [3.05, 3.63) is 60.2 Å². The van der Waals surface area contributed by atoms with Gasteiger partial charge in [-0.05, 0) is 30.7 Å². The van der Waals surface area contributed by atoms with Gasteiger partial charge >= 0.3 is 6.18 Å². The lowest BCUT2D eigenvalue weighted by atomic mass is 10.1. The monoisotopic (exact) mass is 458 g/mol. The zero-order chi connectivity index (χ0) is 23.6. The van der Waals surface area contributed by atoms with E-state index in [2.05, 4.69) is 15.7 Å². The molecule has 1 saturated heterocycles.